The topological polar surface area (TPSA) is 85.3 Å². The maximum atomic E-state index is 12.8. The molecule has 28 heavy (non-hydrogen) atoms. The van der Waals surface area contributed by atoms with E-state index in [-0.39, 0.29) is 11.7 Å². The lowest BCUT2D eigenvalue weighted by Gasteiger charge is -2.28. The van der Waals surface area contributed by atoms with Gasteiger partial charge in [-0.05, 0) is 45.0 Å². The third-order valence-corrected chi connectivity index (χ3v) is 4.76. The van der Waals surface area contributed by atoms with Crippen LogP contribution in [0.25, 0.3) is 22.3 Å². The van der Waals surface area contributed by atoms with Crippen LogP contribution >= 0.6 is 0 Å². The van der Waals surface area contributed by atoms with Crippen LogP contribution in [0.2, 0.25) is 0 Å². The summed E-state index contributed by atoms with van der Waals surface area (Å²) in [5, 5.41) is 13.0. The number of nitrogens with zero attached hydrogens (tertiary/aromatic N) is 4. The summed E-state index contributed by atoms with van der Waals surface area (Å²) in [6, 6.07) is 7.67. The quantitative estimate of drug-likeness (QED) is 0.728. The summed E-state index contributed by atoms with van der Waals surface area (Å²) in [6.07, 6.45) is 0.0841. The minimum absolute atomic E-state index is 0.0841. The molecule has 0 bridgehead atoms. The molecular formula is C20H25N5O3. The minimum atomic E-state index is -0.0863. The van der Waals surface area contributed by atoms with Crippen molar-refractivity contribution in [3.05, 3.63) is 34.6 Å². The van der Waals surface area contributed by atoms with Crippen molar-refractivity contribution in [1.29, 1.82) is 0 Å². The summed E-state index contributed by atoms with van der Waals surface area (Å²) in [6.45, 7) is 9.01. The zero-order chi connectivity index (χ0) is 19.7. The SMILES string of the molecule is CCn1nc(-c2n[nH]c3ccc(OC(C)C)cc23)cc(N2CCOCC2)c1=O. The number of nitrogens with one attached hydrogen (secondary N) is 1. The highest BCUT2D eigenvalue weighted by molar-refractivity contribution is 5.93. The number of aryl methyl sites for hydroxylation is 1. The second-order valence-corrected chi connectivity index (χ2v) is 7.08. The van der Waals surface area contributed by atoms with E-state index in [4.69, 9.17) is 9.47 Å². The summed E-state index contributed by atoms with van der Waals surface area (Å²) in [5.41, 5.74) is 2.82. The molecular weight excluding hydrogens is 358 g/mol. The highest BCUT2D eigenvalue weighted by atomic mass is 16.5. The first-order valence-corrected chi connectivity index (χ1v) is 9.67. The lowest BCUT2D eigenvalue weighted by atomic mass is 10.1. The predicted molar refractivity (Wildman–Crippen MR) is 108 cm³/mol. The van der Waals surface area contributed by atoms with Gasteiger partial charge >= 0.3 is 0 Å². The number of morpholine rings is 1. The van der Waals surface area contributed by atoms with Crippen molar-refractivity contribution in [1.82, 2.24) is 20.0 Å². The molecule has 0 amide bonds. The Morgan fingerprint density at radius 3 is 2.75 bits per heavy atom. The van der Waals surface area contributed by atoms with Gasteiger partial charge in [0.15, 0.2) is 0 Å². The van der Waals surface area contributed by atoms with Gasteiger partial charge in [0, 0.05) is 25.0 Å². The Kier molecular flexibility index (Phi) is 5.04. The number of H-pyrrole nitrogens is 1. The van der Waals surface area contributed by atoms with Crippen LogP contribution in [-0.2, 0) is 11.3 Å². The highest BCUT2D eigenvalue weighted by Crippen LogP contribution is 2.29. The van der Waals surface area contributed by atoms with Gasteiger partial charge in [0.25, 0.3) is 5.56 Å². The first kappa shape index (κ1) is 18.5. The predicted octanol–water partition coefficient (Wildman–Crippen LogP) is 2.43. The number of anilines is 1. The third-order valence-electron chi connectivity index (χ3n) is 4.76. The molecule has 1 aliphatic rings. The summed E-state index contributed by atoms with van der Waals surface area (Å²) in [5.74, 6) is 0.780. The second-order valence-electron chi connectivity index (χ2n) is 7.08. The van der Waals surface area contributed by atoms with Gasteiger partial charge in [0.2, 0.25) is 0 Å². The number of aromatic nitrogens is 4. The van der Waals surface area contributed by atoms with Crippen molar-refractivity contribution >= 4 is 16.6 Å². The Bertz CT molecular complexity index is 1030. The maximum absolute atomic E-state index is 12.8. The monoisotopic (exact) mass is 383 g/mol. The first-order valence-electron chi connectivity index (χ1n) is 9.67. The average Bonchev–Trinajstić information content (AvgIpc) is 3.11. The third kappa shape index (κ3) is 3.47. The molecule has 0 spiro atoms. The van der Waals surface area contributed by atoms with Crippen LogP contribution in [0.15, 0.2) is 29.1 Å². The van der Waals surface area contributed by atoms with Crippen molar-refractivity contribution in [2.45, 2.75) is 33.4 Å². The molecule has 3 aromatic rings. The van der Waals surface area contributed by atoms with E-state index in [2.05, 4.69) is 20.2 Å². The number of rotatable bonds is 5. The fourth-order valence-corrected chi connectivity index (χ4v) is 3.42. The van der Waals surface area contributed by atoms with E-state index in [1.165, 1.54) is 4.68 Å². The standard InChI is InChI=1S/C20H25N5O3/c1-4-25-20(26)18(24-7-9-27-10-8-24)12-17(23-25)19-15-11-14(28-13(2)3)5-6-16(15)21-22-19/h5-6,11-13H,4,7-10H2,1-3H3,(H,21,22). The number of aromatic amines is 1. The van der Waals surface area contributed by atoms with E-state index in [1.54, 1.807) is 0 Å². The molecule has 1 aromatic carbocycles. The van der Waals surface area contributed by atoms with Crippen molar-refractivity contribution in [2.75, 3.05) is 31.2 Å². The van der Waals surface area contributed by atoms with Gasteiger partial charge in [-0.1, -0.05) is 0 Å². The van der Waals surface area contributed by atoms with E-state index < -0.39 is 0 Å². The van der Waals surface area contributed by atoms with Crippen LogP contribution in [-0.4, -0.2) is 52.4 Å². The maximum Gasteiger partial charge on any atom is 0.290 e. The smallest absolute Gasteiger partial charge is 0.290 e. The lowest BCUT2D eigenvalue weighted by molar-refractivity contribution is 0.122. The van der Waals surface area contributed by atoms with Gasteiger partial charge in [0.05, 0.1) is 24.8 Å². The molecule has 1 fully saturated rings. The fourth-order valence-electron chi connectivity index (χ4n) is 3.42. The van der Waals surface area contributed by atoms with E-state index in [0.717, 1.165) is 16.7 Å². The number of hydrogen-bond donors (Lipinski definition) is 1. The molecule has 2 aromatic heterocycles. The molecule has 4 rings (SSSR count). The lowest BCUT2D eigenvalue weighted by Crippen LogP contribution is -2.40. The zero-order valence-corrected chi connectivity index (χ0v) is 16.4. The van der Waals surface area contributed by atoms with E-state index in [0.29, 0.717) is 49.9 Å². The molecule has 1 saturated heterocycles. The Morgan fingerprint density at radius 2 is 2.04 bits per heavy atom. The zero-order valence-electron chi connectivity index (χ0n) is 16.4. The van der Waals surface area contributed by atoms with Crippen LogP contribution in [0.1, 0.15) is 20.8 Å². The Labute approximate surface area is 163 Å². The molecule has 1 N–H and O–H groups in total. The van der Waals surface area contributed by atoms with Crippen LogP contribution < -0.4 is 15.2 Å². The van der Waals surface area contributed by atoms with Crippen molar-refractivity contribution < 1.29 is 9.47 Å². The van der Waals surface area contributed by atoms with Gasteiger partial charge in [-0.15, -0.1) is 0 Å². The van der Waals surface area contributed by atoms with Crippen LogP contribution in [0.4, 0.5) is 5.69 Å². The summed E-state index contributed by atoms with van der Waals surface area (Å²) < 4.78 is 12.7. The molecule has 0 radical (unpaired) electrons. The van der Waals surface area contributed by atoms with Crippen molar-refractivity contribution in [2.24, 2.45) is 0 Å². The molecule has 0 aliphatic carbocycles. The largest absolute Gasteiger partial charge is 0.491 e. The molecule has 0 saturated carbocycles. The fraction of sp³-hybridized carbons (Fsp3) is 0.450. The number of ether oxygens (including phenoxy) is 2. The summed E-state index contributed by atoms with van der Waals surface area (Å²) >= 11 is 0. The molecule has 8 heteroatoms. The Balaban J connectivity index is 1.83. The Morgan fingerprint density at radius 1 is 1.25 bits per heavy atom. The van der Waals surface area contributed by atoms with Gasteiger partial charge in [-0.3, -0.25) is 9.89 Å². The summed E-state index contributed by atoms with van der Waals surface area (Å²) in [4.78, 5) is 14.9. The number of benzene rings is 1. The minimum Gasteiger partial charge on any atom is -0.491 e. The van der Waals surface area contributed by atoms with E-state index >= 15 is 0 Å². The molecule has 0 atom stereocenters. The number of hydrogen-bond acceptors (Lipinski definition) is 6. The van der Waals surface area contributed by atoms with Crippen LogP contribution in [0, 0.1) is 0 Å². The molecule has 0 unspecified atom stereocenters. The number of fused-ring (bicyclic) bond motifs is 1. The van der Waals surface area contributed by atoms with Gasteiger partial charge in [0.1, 0.15) is 22.8 Å². The Hall–Kier alpha value is -2.87. The highest BCUT2D eigenvalue weighted by Gasteiger charge is 2.20. The summed E-state index contributed by atoms with van der Waals surface area (Å²) in [7, 11) is 0. The second kappa shape index (κ2) is 7.63. The van der Waals surface area contributed by atoms with Gasteiger partial charge in [-0.25, -0.2) is 4.68 Å². The van der Waals surface area contributed by atoms with Crippen molar-refractivity contribution in [3.8, 4) is 17.1 Å². The van der Waals surface area contributed by atoms with Crippen LogP contribution in [0.3, 0.4) is 0 Å². The van der Waals surface area contributed by atoms with Gasteiger partial charge in [-0.2, -0.15) is 10.2 Å². The normalized spacial score (nSPS) is 14.8. The molecule has 8 nitrogen and oxygen atoms in total. The average molecular weight is 383 g/mol. The van der Waals surface area contributed by atoms with E-state index in [1.807, 2.05) is 45.0 Å². The van der Waals surface area contributed by atoms with Crippen LogP contribution in [0.5, 0.6) is 5.75 Å². The molecule has 1 aliphatic heterocycles. The molecule has 148 valence electrons. The van der Waals surface area contributed by atoms with E-state index in [9.17, 15) is 4.79 Å². The molecule has 3 heterocycles. The first-order chi connectivity index (χ1) is 13.6. The van der Waals surface area contributed by atoms with Crippen molar-refractivity contribution in [3.63, 3.8) is 0 Å². The van der Waals surface area contributed by atoms with Gasteiger partial charge < -0.3 is 14.4 Å².